The van der Waals surface area contributed by atoms with E-state index in [2.05, 4.69) is 31.7 Å². The van der Waals surface area contributed by atoms with E-state index in [1.807, 2.05) is 38.6 Å². The Hall–Kier alpha value is -2.16. The van der Waals surface area contributed by atoms with E-state index in [-0.39, 0.29) is 11.2 Å². The molecule has 0 saturated carbocycles. The zero-order chi connectivity index (χ0) is 16.3. The van der Waals surface area contributed by atoms with Crippen LogP contribution in [0.25, 0.3) is 0 Å². The van der Waals surface area contributed by atoms with Gasteiger partial charge in [-0.15, -0.1) is 16.8 Å². The highest BCUT2D eigenvalue weighted by atomic mass is 32.2. The average molecular weight is 320 g/mol. The summed E-state index contributed by atoms with van der Waals surface area (Å²) in [6.07, 6.45) is 1.82. The Balaban J connectivity index is 2.26. The molecular weight excluding hydrogens is 300 g/mol. The summed E-state index contributed by atoms with van der Waals surface area (Å²) in [5.74, 6) is 2.22. The van der Waals surface area contributed by atoms with Crippen molar-refractivity contribution in [2.45, 2.75) is 30.8 Å². The highest BCUT2D eigenvalue weighted by Gasteiger charge is 2.18. The van der Waals surface area contributed by atoms with Gasteiger partial charge in [-0.3, -0.25) is 0 Å². The summed E-state index contributed by atoms with van der Waals surface area (Å²) in [7, 11) is 3.72. The van der Waals surface area contributed by atoms with Gasteiger partial charge in [0, 0.05) is 20.6 Å². The van der Waals surface area contributed by atoms with Crippen LogP contribution in [-0.4, -0.2) is 43.8 Å². The van der Waals surface area contributed by atoms with Gasteiger partial charge < -0.3 is 15.2 Å². The highest BCUT2D eigenvalue weighted by molar-refractivity contribution is 7.99. The van der Waals surface area contributed by atoms with Gasteiger partial charge in [-0.1, -0.05) is 17.8 Å². The molecule has 1 atom stereocenters. The largest absolute Gasteiger partial charge is 0.368 e. The van der Waals surface area contributed by atoms with Crippen LogP contribution >= 0.6 is 11.8 Å². The van der Waals surface area contributed by atoms with E-state index in [1.165, 1.54) is 11.8 Å². The number of nitrogens with zero attached hydrogens (tertiary/aromatic N) is 7. The third kappa shape index (κ3) is 3.53. The number of allylic oxidation sites excluding steroid dienone is 1. The number of rotatable bonds is 6. The molecule has 0 aliphatic rings. The standard InChI is InChI=1S/C13H20N8S/c1-6-7-21-9(3)18-19-13(21)22-8(2)10-15-11(14)17-12(16-10)20(4)5/h6,8H,1,7H2,2-5H3,(H2,14,15,16,17). The van der Waals surface area contributed by atoms with Gasteiger partial charge >= 0.3 is 0 Å². The molecule has 9 heteroatoms. The van der Waals surface area contributed by atoms with Crippen LogP contribution in [0.2, 0.25) is 0 Å². The second-order valence-electron chi connectivity index (χ2n) is 4.94. The predicted octanol–water partition coefficient (Wildman–Crippen LogP) is 1.46. The van der Waals surface area contributed by atoms with Gasteiger partial charge in [0.25, 0.3) is 0 Å². The molecule has 0 saturated heterocycles. The normalized spacial score (nSPS) is 12.2. The zero-order valence-electron chi connectivity index (χ0n) is 13.2. The first kappa shape index (κ1) is 16.2. The smallest absolute Gasteiger partial charge is 0.229 e. The van der Waals surface area contributed by atoms with Crippen LogP contribution in [0.3, 0.4) is 0 Å². The van der Waals surface area contributed by atoms with Crippen molar-refractivity contribution in [2.24, 2.45) is 0 Å². The first-order valence-corrected chi connectivity index (χ1v) is 7.66. The topological polar surface area (TPSA) is 98.6 Å². The maximum atomic E-state index is 5.77. The van der Waals surface area contributed by atoms with Crippen LogP contribution in [0.5, 0.6) is 0 Å². The Morgan fingerprint density at radius 3 is 2.68 bits per heavy atom. The SMILES string of the molecule is C=CCn1c(C)nnc1SC(C)c1nc(N)nc(N(C)C)n1. The van der Waals surface area contributed by atoms with Crippen molar-refractivity contribution in [1.82, 2.24) is 29.7 Å². The minimum Gasteiger partial charge on any atom is -0.368 e. The number of aryl methyl sites for hydroxylation is 1. The maximum Gasteiger partial charge on any atom is 0.229 e. The lowest BCUT2D eigenvalue weighted by Gasteiger charge is -2.14. The van der Waals surface area contributed by atoms with Crippen molar-refractivity contribution in [2.75, 3.05) is 24.7 Å². The van der Waals surface area contributed by atoms with Gasteiger partial charge in [-0.25, -0.2) is 0 Å². The molecule has 0 spiro atoms. The molecule has 8 nitrogen and oxygen atoms in total. The highest BCUT2D eigenvalue weighted by Crippen LogP contribution is 2.32. The Bertz CT molecular complexity index is 666. The molecule has 22 heavy (non-hydrogen) atoms. The summed E-state index contributed by atoms with van der Waals surface area (Å²) in [6, 6.07) is 0. The molecule has 2 rings (SSSR count). The van der Waals surface area contributed by atoms with E-state index in [0.717, 1.165) is 11.0 Å². The first-order chi connectivity index (χ1) is 10.4. The van der Waals surface area contributed by atoms with E-state index in [4.69, 9.17) is 5.73 Å². The predicted molar refractivity (Wildman–Crippen MR) is 87.8 cm³/mol. The molecular formula is C13H20N8S. The van der Waals surface area contributed by atoms with Crippen LogP contribution in [0, 0.1) is 6.92 Å². The Kier molecular flexibility index (Phi) is 4.96. The van der Waals surface area contributed by atoms with Crippen LogP contribution in [-0.2, 0) is 6.54 Å². The fraction of sp³-hybridized carbons (Fsp3) is 0.462. The van der Waals surface area contributed by atoms with E-state index in [1.54, 1.807) is 4.90 Å². The zero-order valence-corrected chi connectivity index (χ0v) is 14.0. The number of aromatic nitrogens is 6. The summed E-state index contributed by atoms with van der Waals surface area (Å²) >= 11 is 1.53. The second-order valence-corrected chi connectivity index (χ2v) is 6.24. The van der Waals surface area contributed by atoms with Crippen molar-refractivity contribution in [3.8, 4) is 0 Å². The van der Waals surface area contributed by atoms with Crippen molar-refractivity contribution in [3.05, 3.63) is 24.3 Å². The summed E-state index contributed by atoms with van der Waals surface area (Å²) < 4.78 is 1.99. The molecule has 118 valence electrons. The third-order valence-corrected chi connectivity index (χ3v) is 3.99. The fourth-order valence-corrected chi connectivity index (χ4v) is 2.73. The second kappa shape index (κ2) is 6.73. The van der Waals surface area contributed by atoms with Crippen LogP contribution in [0.15, 0.2) is 17.8 Å². The third-order valence-electron chi connectivity index (χ3n) is 2.92. The minimum absolute atomic E-state index is 0.0313. The lowest BCUT2D eigenvalue weighted by atomic mass is 10.4. The molecule has 2 aromatic heterocycles. The summed E-state index contributed by atoms with van der Waals surface area (Å²) in [4.78, 5) is 14.6. The van der Waals surface area contributed by atoms with Crippen LogP contribution < -0.4 is 10.6 Å². The van der Waals surface area contributed by atoms with Gasteiger partial charge in [-0.05, 0) is 13.8 Å². The minimum atomic E-state index is -0.0313. The van der Waals surface area contributed by atoms with Crippen molar-refractivity contribution in [3.63, 3.8) is 0 Å². The van der Waals surface area contributed by atoms with Gasteiger partial charge in [0.15, 0.2) is 5.16 Å². The number of nitrogens with two attached hydrogens (primary N) is 1. The Morgan fingerprint density at radius 2 is 2.05 bits per heavy atom. The molecule has 0 radical (unpaired) electrons. The molecule has 2 heterocycles. The average Bonchev–Trinajstić information content (AvgIpc) is 2.80. The van der Waals surface area contributed by atoms with Gasteiger partial charge in [0.05, 0.1) is 5.25 Å². The number of hydrogen-bond donors (Lipinski definition) is 1. The molecule has 2 aromatic rings. The number of hydrogen-bond acceptors (Lipinski definition) is 8. The number of nitrogen functional groups attached to an aromatic ring is 1. The maximum absolute atomic E-state index is 5.77. The molecule has 0 aliphatic heterocycles. The van der Waals surface area contributed by atoms with Gasteiger partial charge in [0.1, 0.15) is 11.6 Å². The molecule has 0 fully saturated rings. The summed E-state index contributed by atoms with van der Waals surface area (Å²) in [5, 5.41) is 9.07. The Labute approximate surface area is 133 Å². The molecule has 2 N–H and O–H groups in total. The molecule has 1 unspecified atom stereocenters. The fourth-order valence-electron chi connectivity index (χ4n) is 1.78. The number of anilines is 2. The lowest BCUT2D eigenvalue weighted by molar-refractivity contribution is 0.700. The first-order valence-electron chi connectivity index (χ1n) is 6.78. The quantitative estimate of drug-likeness (QED) is 0.631. The molecule has 0 amide bonds. The molecule has 0 aromatic carbocycles. The van der Waals surface area contributed by atoms with E-state index < -0.39 is 0 Å². The molecule has 0 aliphatic carbocycles. The monoisotopic (exact) mass is 320 g/mol. The van der Waals surface area contributed by atoms with Gasteiger partial charge in [0.2, 0.25) is 11.9 Å². The van der Waals surface area contributed by atoms with Crippen LogP contribution in [0.1, 0.15) is 23.8 Å². The van der Waals surface area contributed by atoms with Crippen molar-refractivity contribution >= 4 is 23.7 Å². The Morgan fingerprint density at radius 1 is 1.32 bits per heavy atom. The summed E-state index contributed by atoms with van der Waals surface area (Å²) in [6.45, 7) is 8.33. The van der Waals surface area contributed by atoms with Crippen LogP contribution in [0.4, 0.5) is 11.9 Å². The van der Waals surface area contributed by atoms with Crippen molar-refractivity contribution < 1.29 is 0 Å². The van der Waals surface area contributed by atoms with Crippen molar-refractivity contribution in [1.29, 1.82) is 0 Å². The van der Waals surface area contributed by atoms with Gasteiger partial charge in [-0.2, -0.15) is 15.0 Å². The molecule has 0 bridgehead atoms. The van der Waals surface area contributed by atoms with E-state index in [0.29, 0.717) is 18.3 Å². The lowest BCUT2D eigenvalue weighted by Crippen LogP contribution is -2.16. The summed E-state index contributed by atoms with van der Waals surface area (Å²) in [5.41, 5.74) is 5.77. The van der Waals surface area contributed by atoms with E-state index >= 15 is 0 Å². The van der Waals surface area contributed by atoms with E-state index in [9.17, 15) is 0 Å². The number of thioether (sulfide) groups is 1.